The van der Waals surface area contributed by atoms with Crippen LogP contribution in [0.2, 0.25) is 0 Å². The van der Waals surface area contributed by atoms with Crippen molar-refractivity contribution >= 4 is 12.0 Å². The van der Waals surface area contributed by atoms with Gasteiger partial charge in [0, 0.05) is 25.8 Å². The van der Waals surface area contributed by atoms with Gasteiger partial charge in [0.05, 0.1) is 0 Å². The maximum absolute atomic E-state index is 12.0. The molecule has 5 nitrogen and oxygen atoms in total. The first-order valence-electron chi connectivity index (χ1n) is 6.77. The predicted molar refractivity (Wildman–Crippen MR) is 83.9 cm³/mol. The minimum Gasteiger partial charge on any atom is -0.480 e. The Kier molecular flexibility index (Phi) is 7.89. The van der Waals surface area contributed by atoms with E-state index in [2.05, 4.69) is 11.2 Å². The fourth-order valence-electron chi connectivity index (χ4n) is 1.67. The number of methoxy groups -OCH3 is 1. The molecule has 1 aromatic carbocycles. The molecule has 0 spiro atoms. The van der Waals surface area contributed by atoms with Gasteiger partial charge in [-0.1, -0.05) is 24.1 Å². The van der Waals surface area contributed by atoms with E-state index in [0.29, 0.717) is 30.9 Å². The monoisotopic (exact) mass is 298 g/mol. The van der Waals surface area contributed by atoms with Crippen molar-refractivity contribution in [2.75, 3.05) is 26.9 Å². The highest BCUT2D eigenvalue weighted by Crippen LogP contribution is 2.20. The van der Waals surface area contributed by atoms with Crippen LogP contribution in [0.1, 0.15) is 12.0 Å². The summed E-state index contributed by atoms with van der Waals surface area (Å²) in [4.78, 5) is 12.0. The van der Waals surface area contributed by atoms with Gasteiger partial charge >= 0.3 is 0 Å². The van der Waals surface area contributed by atoms with Gasteiger partial charge in [0.2, 0.25) is 0 Å². The molecule has 0 bridgehead atoms. The van der Waals surface area contributed by atoms with Gasteiger partial charge in [-0.3, -0.25) is 4.79 Å². The third kappa shape index (κ3) is 5.70. The molecule has 0 atom stereocenters. The predicted octanol–water partition coefficient (Wildman–Crippen LogP) is 1.76. The number of rotatable bonds is 8. The quantitative estimate of drug-likeness (QED) is 0.343. The zero-order valence-electron chi connectivity index (χ0n) is 12.5. The van der Waals surface area contributed by atoms with E-state index in [1.165, 1.54) is 6.08 Å². The lowest BCUT2D eigenvalue weighted by Gasteiger charge is -2.07. The van der Waals surface area contributed by atoms with Crippen molar-refractivity contribution < 1.29 is 14.3 Å². The second-order valence-corrected chi connectivity index (χ2v) is 4.30. The Morgan fingerprint density at radius 3 is 2.91 bits per heavy atom. The van der Waals surface area contributed by atoms with E-state index in [1.807, 2.05) is 6.07 Å². The van der Waals surface area contributed by atoms with Crippen molar-refractivity contribution in [1.29, 1.82) is 5.26 Å². The van der Waals surface area contributed by atoms with Gasteiger partial charge in [0.15, 0.2) is 0 Å². The van der Waals surface area contributed by atoms with Crippen LogP contribution in [0.3, 0.4) is 0 Å². The molecule has 1 amide bonds. The van der Waals surface area contributed by atoms with Crippen molar-refractivity contribution in [2.24, 2.45) is 0 Å². The van der Waals surface area contributed by atoms with Crippen molar-refractivity contribution in [3.63, 3.8) is 0 Å². The number of nitrogens with zero attached hydrogens (tertiary/aromatic N) is 1. The van der Waals surface area contributed by atoms with Gasteiger partial charge in [-0.15, -0.1) is 6.42 Å². The number of hydrogen-bond donors (Lipinski definition) is 1. The number of terminal acetylenes is 1. The molecule has 0 aliphatic heterocycles. The molecule has 0 radical (unpaired) electrons. The summed E-state index contributed by atoms with van der Waals surface area (Å²) in [6, 6.07) is 8.96. The molecule has 22 heavy (non-hydrogen) atoms. The molecule has 0 saturated heterocycles. The van der Waals surface area contributed by atoms with E-state index in [0.717, 1.165) is 0 Å². The van der Waals surface area contributed by atoms with Crippen LogP contribution in [-0.2, 0) is 9.53 Å². The Morgan fingerprint density at radius 1 is 1.45 bits per heavy atom. The molecule has 0 heterocycles. The Bertz CT molecular complexity index is 609. The molecular formula is C17H18N2O3. The summed E-state index contributed by atoms with van der Waals surface area (Å²) in [7, 11) is 1.59. The zero-order chi connectivity index (χ0) is 16.2. The fraction of sp³-hybridized carbons (Fsp3) is 0.294. The highest BCUT2D eigenvalue weighted by atomic mass is 16.5. The second kappa shape index (κ2) is 10.0. The molecule has 0 saturated carbocycles. The van der Waals surface area contributed by atoms with Gasteiger partial charge in [-0.25, -0.2) is 0 Å². The second-order valence-electron chi connectivity index (χ2n) is 4.30. The number of para-hydroxylation sites is 1. The number of carbonyl (C=O) groups excluding carboxylic acids is 1. The molecule has 1 rings (SSSR count). The normalized spacial score (nSPS) is 10.4. The van der Waals surface area contributed by atoms with Gasteiger partial charge in [-0.05, 0) is 18.6 Å². The summed E-state index contributed by atoms with van der Waals surface area (Å²) < 4.78 is 10.3. The largest absolute Gasteiger partial charge is 0.480 e. The van der Waals surface area contributed by atoms with Crippen LogP contribution >= 0.6 is 0 Å². The van der Waals surface area contributed by atoms with Crippen LogP contribution in [0.15, 0.2) is 29.8 Å². The van der Waals surface area contributed by atoms with Crippen LogP contribution in [0.25, 0.3) is 6.08 Å². The first-order valence-corrected chi connectivity index (χ1v) is 6.77. The first kappa shape index (κ1) is 17.3. The number of ether oxygens (including phenoxy) is 2. The van der Waals surface area contributed by atoms with E-state index in [4.69, 9.17) is 21.2 Å². The zero-order valence-corrected chi connectivity index (χ0v) is 12.5. The Morgan fingerprint density at radius 2 is 2.23 bits per heavy atom. The van der Waals surface area contributed by atoms with Crippen molar-refractivity contribution in [1.82, 2.24) is 5.32 Å². The molecule has 0 aliphatic carbocycles. The van der Waals surface area contributed by atoms with Gasteiger partial charge in [0.25, 0.3) is 5.91 Å². The van der Waals surface area contributed by atoms with Gasteiger partial charge in [0.1, 0.15) is 24.0 Å². The molecule has 114 valence electrons. The molecule has 1 aromatic rings. The summed E-state index contributed by atoms with van der Waals surface area (Å²) in [5.41, 5.74) is 0.635. The maximum atomic E-state index is 12.0. The smallest absolute Gasteiger partial charge is 0.261 e. The van der Waals surface area contributed by atoms with Crippen molar-refractivity contribution in [3.05, 3.63) is 35.4 Å². The SMILES string of the molecule is C#CCOc1ccccc1/C=C(\C#N)C(=O)NCCCOC. The Labute approximate surface area is 130 Å². The fourth-order valence-corrected chi connectivity index (χ4v) is 1.67. The van der Waals surface area contributed by atoms with E-state index >= 15 is 0 Å². The van der Waals surface area contributed by atoms with Gasteiger partial charge < -0.3 is 14.8 Å². The molecular weight excluding hydrogens is 280 g/mol. The van der Waals surface area contributed by atoms with E-state index < -0.39 is 5.91 Å². The average molecular weight is 298 g/mol. The number of amides is 1. The van der Waals surface area contributed by atoms with Crippen LogP contribution in [-0.4, -0.2) is 32.8 Å². The molecule has 0 aromatic heterocycles. The molecule has 0 unspecified atom stereocenters. The van der Waals surface area contributed by atoms with E-state index in [9.17, 15) is 4.79 Å². The number of hydrogen-bond acceptors (Lipinski definition) is 4. The third-order valence-corrected chi connectivity index (χ3v) is 2.71. The molecule has 0 aliphatic rings. The van der Waals surface area contributed by atoms with E-state index in [1.54, 1.807) is 31.4 Å². The summed E-state index contributed by atoms with van der Waals surface area (Å²) in [6.07, 6.45) is 7.33. The lowest BCUT2D eigenvalue weighted by Crippen LogP contribution is -2.26. The minimum absolute atomic E-state index is 0.00849. The van der Waals surface area contributed by atoms with Crippen LogP contribution in [0.4, 0.5) is 0 Å². The summed E-state index contributed by atoms with van der Waals surface area (Å²) in [5, 5.41) is 11.8. The summed E-state index contributed by atoms with van der Waals surface area (Å²) in [6.45, 7) is 1.12. The number of nitrogens with one attached hydrogen (secondary N) is 1. The minimum atomic E-state index is -0.426. The standard InChI is InChI=1S/C17H18N2O3/c1-3-10-22-16-8-5-4-7-14(16)12-15(13-18)17(20)19-9-6-11-21-2/h1,4-5,7-8,12H,6,9-11H2,2H3,(H,19,20)/b15-12+. The first-order chi connectivity index (χ1) is 10.7. The lowest BCUT2D eigenvalue weighted by atomic mass is 10.1. The van der Waals surface area contributed by atoms with E-state index in [-0.39, 0.29) is 12.2 Å². The van der Waals surface area contributed by atoms with Crippen molar-refractivity contribution in [3.8, 4) is 24.2 Å². The van der Waals surface area contributed by atoms with Crippen molar-refractivity contribution in [2.45, 2.75) is 6.42 Å². The highest BCUT2D eigenvalue weighted by molar-refractivity contribution is 6.01. The number of carbonyl (C=O) groups is 1. The van der Waals surface area contributed by atoms with Crippen LogP contribution < -0.4 is 10.1 Å². The highest BCUT2D eigenvalue weighted by Gasteiger charge is 2.10. The third-order valence-electron chi connectivity index (χ3n) is 2.71. The number of nitriles is 1. The molecule has 5 heteroatoms. The summed E-state index contributed by atoms with van der Waals surface area (Å²) >= 11 is 0. The van der Waals surface area contributed by atoms with Gasteiger partial charge in [-0.2, -0.15) is 5.26 Å². The lowest BCUT2D eigenvalue weighted by molar-refractivity contribution is -0.117. The summed E-state index contributed by atoms with van der Waals surface area (Å²) in [5.74, 6) is 2.48. The van der Waals surface area contributed by atoms with Crippen LogP contribution in [0, 0.1) is 23.7 Å². The molecule has 1 N–H and O–H groups in total. The number of benzene rings is 1. The van der Waals surface area contributed by atoms with Crippen LogP contribution in [0.5, 0.6) is 5.75 Å². The topological polar surface area (TPSA) is 71.3 Å². The average Bonchev–Trinajstić information content (AvgIpc) is 2.55. The Hall–Kier alpha value is -2.76. The Balaban J connectivity index is 2.82. The maximum Gasteiger partial charge on any atom is 0.261 e. The molecule has 0 fully saturated rings.